The van der Waals surface area contributed by atoms with E-state index in [-0.39, 0.29) is 0 Å². The van der Waals surface area contributed by atoms with Crippen LogP contribution in [0.3, 0.4) is 0 Å². The molecule has 0 aliphatic heterocycles. The third-order valence-electron chi connectivity index (χ3n) is 4.13. The number of aryl methyl sites for hydroxylation is 1. The Labute approximate surface area is 122 Å². The van der Waals surface area contributed by atoms with Gasteiger partial charge in [0.25, 0.3) is 0 Å². The first-order valence-electron chi connectivity index (χ1n) is 8.01. The number of nitrogens with one attached hydrogen (secondary N) is 2. The molecule has 0 aromatic carbocycles. The van der Waals surface area contributed by atoms with Gasteiger partial charge in [0.1, 0.15) is 17.5 Å². The molecule has 4 nitrogen and oxygen atoms in total. The molecule has 0 radical (unpaired) electrons. The normalized spacial score (nSPS) is 22.6. The van der Waals surface area contributed by atoms with Gasteiger partial charge in [0, 0.05) is 24.6 Å². The Balaban J connectivity index is 2.18. The van der Waals surface area contributed by atoms with Crippen LogP contribution in [0.15, 0.2) is 0 Å². The molecule has 2 N–H and O–H groups in total. The topological polar surface area (TPSA) is 49.8 Å². The predicted octanol–water partition coefficient (Wildman–Crippen LogP) is 3.77. The number of hydrogen-bond acceptors (Lipinski definition) is 4. The Kier molecular flexibility index (Phi) is 5.21. The molecule has 2 unspecified atom stereocenters. The number of nitrogens with zero attached hydrogens (tertiary/aromatic N) is 2. The number of rotatable bonds is 5. The second-order valence-electron chi connectivity index (χ2n) is 5.96. The molecule has 1 aliphatic carbocycles. The lowest BCUT2D eigenvalue weighted by Crippen LogP contribution is -2.27. The van der Waals surface area contributed by atoms with Crippen LogP contribution in [-0.4, -0.2) is 22.6 Å². The minimum Gasteiger partial charge on any atom is -0.370 e. The molecule has 4 heteroatoms. The summed E-state index contributed by atoms with van der Waals surface area (Å²) in [4.78, 5) is 9.28. The zero-order valence-electron chi connectivity index (χ0n) is 13.3. The molecular formula is C16H28N4. The van der Waals surface area contributed by atoms with E-state index >= 15 is 0 Å². The highest BCUT2D eigenvalue weighted by Crippen LogP contribution is 2.28. The zero-order valence-corrected chi connectivity index (χ0v) is 13.3. The van der Waals surface area contributed by atoms with E-state index < -0.39 is 0 Å². The van der Waals surface area contributed by atoms with Gasteiger partial charge in [0.05, 0.1) is 0 Å². The van der Waals surface area contributed by atoms with Crippen molar-refractivity contribution in [1.29, 1.82) is 0 Å². The molecule has 2 rings (SSSR count). The highest BCUT2D eigenvalue weighted by atomic mass is 15.1. The fourth-order valence-electron chi connectivity index (χ4n) is 2.96. The van der Waals surface area contributed by atoms with Gasteiger partial charge in [-0.05, 0) is 32.6 Å². The molecule has 1 heterocycles. The molecule has 1 aromatic rings. The van der Waals surface area contributed by atoms with Crippen LogP contribution in [0.25, 0.3) is 0 Å². The molecule has 112 valence electrons. The van der Waals surface area contributed by atoms with Crippen LogP contribution < -0.4 is 10.6 Å². The minimum atomic E-state index is 0.562. The van der Waals surface area contributed by atoms with Gasteiger partial charge in [-0.15, -0.1) is 0 Å². The fraction of sp³-hybridized carbons (Fsp3) is 0.750. The van der Waals surface area contributed by atoms with Gasteiger partial charge in [-0.25, -0.2) is 9.97 Å². The average molecular weight is 276 g/mol. The summed E-state index contributed by atoms with van der Waals surface area (Å²) in [5.41, 5.74) is 1.14. The summed E-state index contributed by atoms with van der Waals surface area (Å²) < 4.78 is 0. The first-order chi connectivity index (χ1) is 9.63. The lowest BCUT2D eigenvalue weighted by Gasteiger charge is -2.28. The zero-order chi connectivity index (χ0) is 14.5. The Morgan fingerprint density at radius 1 is 1.15 bits per heavy atom. The first-order valence-corrected chi connectivity index (χ1v) is 8.01. The number of anilines is 2. The van der Waals surface area contributed by atoms with E-state index in [9.17, 15) is 0 Å². The molecule has 20 heavy (non-hydrogen) atoms. The molecule has 1 fully saturated rings. The van der Waals surface area contributed by atoms with Crippen LogP contribution in [-0.2, 0) is 6.42 Å². The van der Waals surface area contributed by atoms with Crippen molar-refractivity contribution in [3.8, 4) is 0 Å². The third-order valence-corrected chi connectivity index (χ3v) is 4.13. The van der Waals surface area contributed by atoms with E-state index in [1.165, 1.54) is 25.7 Å². The summed E-state index contributed by atoms with van der Waals surface area (Å²) in [6, 6.07) is 0.562. The predicted molar refractivity (Wildman–Crippen MR) is 85.4 cm³/mol. The summed E-state index contributed by atoms with van der Waals surface area (Å²) >= 11 is 0. The maximum absolute atomic E-state index is 4.69. The standard InChI is InChI=1S/C16H28N4/c1-5-14-19-15(17-6-2)12(4)16(20-14)18-13-9-7-8-11(3)10-13/h11,13H,5-10H2,1-4H3,(H2,17,18,19,20). The van der Waals surface area contributed by atoms with Gasteiger partial charge < -0.3 is 10.6 Å². The van der Waals surface area contributed by atoms with E-state index in [0.717, 1.165) is 41.9 Å². The maximum atomic E-state index is 4.69. The van der Waals surface area contributed by atoms with Crippen molar-refractivity contribution in [2.24, 2.45) is 5.92 Å². The lowest BCUT2D eigenvalue weighted by atomic mass is 9.87. The molecule has 1 saturated carbocycles. The Bertz CT molecular complexity index is 444. The van der Waals surface area contributed by atoms with Gasteiger partial charge in [-0.1, -0.05) is 26.7 Å². The lowest BCUT2D eigenvalue weighted by molar-refractivity contribution is 0.358. The van der Waals surface area contributed by atoms with Crippen LogP contribution in [0.1, 0.15) is 57.8 Å². The summed E-state index contributed by atoms with van der Waals surface area (Å²) in [5.74, 6) is 3.73. The van der Waals surface area contributed by atoms with Crippen molar-refractivity contribution in [2.75, 3.05) is 17.2 Å². The van der Waals surface area contributed by atoms with Gasteiger partial charge in [0.2, 0.25) is 0 Å². The summed E-state index contributed by atoms with van der Waals surface area (Å²) in [7, 11) is 0. The second-order valence-corrected chi connectivity index (χ2v) is 5.96. The number of aromatic nitrogens is 2. The van der Waals surface area contributed by atoms with Gasteiger partial charge in [-0.3, -0.25) is 0 Å². The van der Waals surface area contributed by atoms with E-state index in [1.807, 2.05) is 0 Å². The van der Waals surface area contributed by atoms with Crippen LogP contribution in [0.4, 0.5) is 11.6 Å². The van der Waals surface area contributed by atoms with Crippen LogP contribution in [0.2, 0.25) is 0 Å². The van der Waals surface area contributed by atoms with E-state index in [2.05, 4.69) is 43.3 Å². The van der Waals surface area contributed by atoms with E-state index in [0.29, 0.717) is 6.04 Å². The summed E-state index contributed by atoms with van der Waals surface area (Å²) in [6.07, 6.45) is 6.06. The van der Waals surface area contributed by atoms with Crippen LogP contribution in [0, 0.1) is 12.8 Å². The van der Waals surface area contributed by atoms with Crippen molar-refractivity contribution in [3.05, 3.63) is 11.4 Å². The van der Waals surface area contributed by atoms with Crippen LogP contribution in [0.5, 0.6) is 0 Å². The smallest absolute Gasteiger partial charge is 0.134 e. The van der Waals surface area contributed by atoms with Gasteiger partial charge in [-0.2, -0.15) is 0 Å². The van der Waals surface area contributed by atoms with Crippen molar-refractivity contribution < 1.29 is 0 Å². The molecule has 1 aromatic heterocycles. The third kappa shape index (κ3) is 3.62. The second kappa shape index (κ2) is 6.91. The van der Waals surface area contributed by atoms with Crippen molar-refractivity contribution in [1.82, 2.24) is 9.97 Å². The molecular weight excluding hydrogens is 248 g/mol. The minimum absolute atomic E-state index is 0.562. The SMILES string of the molecule is CCNc1nc(CC)nc(NC2CCCC(C)C2)c1C. The molecule has 0 amide bonds. The first kappa shape index (κ1) is 15.1. The summed E-state index contributed by atoms with van der Waals surface area (Å²) in [6.45, 7) is 9.55. The quantitative estimate of drug-likeness (QED) is 0.859. The summed E-state index contributed by atoms with van der Waals surface area (Å²) in [5, 5.41) is 7.01. The highest BCUT2D eigenvalue weighted by Gasteiger charge is 2.20. The number of hydrogen-bond donors (Lipinski definition) is 2. The van der Waals surface area contributed by atoms with Crippen molar-refractivity contribution in [2.45, 2.75) is 65.8 Å². The Hall–Kier alpha value is -1.32. The fourth-order valence-corrected chi connectivity index (χ4v) is 2.96. The molecule has 0 saturated heterocycles. The molecule has 2 atom stereocenters. The molecule has 1 aliphatic rings. The molecule has 0 bridgehead atoms. The Morgan fingerprint density at radius 3 is 2.55 bits per heavy atom. The largest absolute Gasteiger partial charge is 0.370 e. The maximum Gasteiger partial charge on any atom is 0.134 e. The average Bonchev–Trinajstić information content (AvgIpc) is 2.43. The van der Waals surface area contributed by atoms with Gasteiger partial charge in [0.15, 0.2) is 0 Å². The monoisotopic (exact) mass is 276 g/mol. The van der Waals surface area contributed by atoms with Gasteiger partial charge >= 0.3 is 0 Å². The highest BCUT2D eigenvalue weighted by molar-refractivity contribution is 5.57. The van der Waals surface area contributed by atoms with E-state index in [1.54, 1.807) is 0 Å². The van der Waals surface area contributed by atoms with Crippen molar-refractivity contribution in [3.63, 3.8) is 0 Å². The van der Waals surface area contributed by atoms with Crippen LogP contribution >= 0.6 is 0 Å². The van der Waals surface area contributed by atoms with E-state index in [4.69, 9.17) is 4.98 Å². The Morgan fingerprint density at radius 2 is 1.90 bits per heavy atom. The van der Waals surface area contributed by atoms with Crippen molar-refractivity contribution >= 4 is 11.6 Å². The molecule has 0 spiro atoms.